The van der Waals surface area contributed by atoms with Crippen LogP contribution in [0.1, 0.15) is 11.4 Å². The quantitative estimate of drug-likeness (QED) is 0.864. The molecular weight excluding hydrogens is 282 g/mol. The molecule has 2 rings (SSSR count). The van der Waals surface area contributed by atoms with Gasteiger partial charge in [-0.2, -0.15) is 0 Å². The molecule has 1 aromatic carbocycles. The molecule has 1 heterocycles. The average molecular weight is 294 g/mol. The third kappa shape index (κ3) is 2.74. The van der Waals surface area contributed by atoms with E-state index < -0.39 is 0 Å². The number of nitrogens with zero attached hydrogens (tertiary/aromatic N) is 2. The maximum atomic E-state index is 5.77. The molecule has 2 aromatic rings. The Balaban J connectivity index is 2.34. The zero-order valence-electron chi connectivity index (χ0n) is 9.57. The fraction of sp³-hybridized carbons (Fsp3) is 0.167. The fourth-order valence-corrected chi connectivity index (χ4v) is 1.79. The summed E-state index contributed by atoms with van der Waals surface area (Å²) in [7, 11) is 0. The third-order valence-electron chi connectivity index (χ3n) is 2.16. The topological polar surface area (TPSA) is 61.0 Å². The van der Waals surface area contributed by atoms with Crippen molar-refractivity contribution < 1.29 is 4.74 Å². The number of hydrogen-bond acceptors (Lipinski definition) is 4. The number of halogens is 1. The van der Waals surface area contributed by atoms with Gasteiger partial charge >= 0.3 is 6.01 Å². The van der Waals surface area contributed by atoms with E-state index in [0.29, 0.717) is 21.9 Å². The molecule has 0 spiro atoms. The number of hydrogen-bond donors (Lipinski definition) is 1. The lowest BCUT2D eigenvalue weighted by Gasteiger charge is -2.08. The molecule has 2 N–H and O–H groups in total. The maximum absolute atomic E-state index is 5.77. The van der Waals surface area contributed by atoms with Gasteiger partial charge in [0.2, 0.25) is 0 Å². The lowest BCUT2D eigenvalue weighted by Crippen LogP contribution is -1.97. The van der Waals surface area contributed by atoms with E-state index in [-0.39, 0.29) is 0 Å². The Labute approximate surface area is 108 Å². The number of ether oxygens (including phenoxy) is 1. The van der Waals surface area contributed by atoms with Crippen molar-refractivity contribution in [3.05, 3.63) is 40.1 Å². The van der Waals surface area contributed by atoms with Crippen molar-refractivity contribution in [3.63, 3.8) is 0 Å². The molecule has 0 aliphatic rings. The summed E-state index contributed by atoms with van der Waals surface area (Å²) >= 11 is 3.37. The van der Waals surface area contributed by atoms with Crippen molar-refractivity contribution in [1.29, 1.82) is 0 Å². The molecule has 5 heteroatoms. The van der Waals surface area contributed by atoms with E-state index in [1.165, 1.54) is 0 Å². The zero-order chi connectivity index (χ0) is 12.4. The van der Waals surface area contributed by atoms with Gasteiger partial charge in [-0.3, -0.25) is 0 Å². The number of anilines is 1. The normalized spacial score (nSPS) is 10.3. The molecule has 0 saturated heterocycles. The number of nitrogen functional groups attached to an aromatic ring is 1. The van der Waals surface area contributed by atoms with Gasteiger partial charge in [0.15, 0.2) is 0 Å². The van der Waals surface area contributed by atoms with E-state index in [0.717, 1.165) is 11.4 Å². The SMILES string of the molecule is Cc1cc(C)nc(Oc2cccc(N)c2Br)n1. The molecule has 4 nitrogen and oxygen atoms in total. The average Bonchev–Trinajstić information content (AvgIpc) is 2.23. The van der Waals surface area contributed by atoms with Gasteiger partial charge in [0, 0.05) is 17.1 Å². The first-order chi connectivity index (χ1) is 8.06. The standard InChI is InChI=1S/C12H12BrN3O/c1-7-6-8(2)16-12(15-7)17-10-5-3-4-9(14)11(10)13/h3-6H,14H2,1-2H3. The summed E-state index contributed by atoms with van der Waals surface area (Å²) in [5.41, 5.74) is 8.12. The van der Waals surface area contributed by atoms with Gasteiger partial charge in [0.1, 0.15) is 5.75 Å². The summed E-state index contributed by atoms with van der Waals surface area (Å²) in [5, 5.41) is 0. The highest BCUT2D eigenvalue weighted by Crippen LogP contribution is 2.32. The minimum Gasteiger partial charge on any atom is -0.423 e. The second-order valence-electron chi connectivity index (χ2n) is 3.69. The van der Waals surface area contributed by atoms with Crippen molar-refractivity contribution in [2.24, 2.45) is 0 Å². The highest BCUT2D eigenvalue weighted by atomic mass is 79.9. The van der Waals surface area contributed by atoms with Crippen LogP contribution in [-0.2, 0) is 0 Å². The first kappa shape index (κ1) is 11.9. The molecule has 17 heavy (non-hydrogen) atoms. The van der Waals surface area contributed by atoms with Crippen LogP contribution in [0.3, 0.4) is 0 Å². The highest BCUT2D eigenvalue weighted by molar-refractivity contribution is 9.10. The van der Waals surface area contributed by atoms with Crippen LogP contribution >= 0.6 is 15.9 Å². The Morgan fingerprint density at radius 2 is 1.82 bits per heavy atom. The number of benzene rings is 1. The first-order valence-electron chi connectivity index (χ1n) is 5.10. The van der Waals surface area contributed by atoms with Crippen LogP contribution in [0.5, 0.6) is 11.8 Å². The largest absolute Gasteiger partial charge is 0.423 e. The first-order valence-corrected chi connectivity index (χ1v) is 5.89. The Hall–Kier alpha value is -1.62. The highest BCUT2D eigenvalue weighted by Gasteiger charge is 2.07. The van der Waals surface area contributed by atoms with Gasteiger partial charge in [-0.25, -0.2) is 9.97 Å². The molecule has 0 aliphatic heterocycles. The summed E-state index contributed by atoms with van der Waals surface area (Å²) < 4.78 is 6.31. The monoisotopic (exact) mass is 293 g/mol. The Morgan fingerprint density at radius 1 is 1.18 bits per heavy atom. The van der Waals surface area contributed by atoms with Gasteiger partial charge in [0.25, 0.3) is 0 Å². The van der Waals surface area contributed by atoms with Crippen LogP contribution in [0.15, 0.2) is 28.7 Å². The van der Waals surface area contributed by atoms with Crippen molar-refractivity contribution in [1.82, 2.24) is 9.97 Å². The number of aryl methyl sites for hydroxylation is 2. The van der Waals surface area contributed by atoms with Crippen LogP contribution in [0, 0.1) is 13.8 Å². The van der Waals surface area contributed by atoms with Crippen LogP contribution in [-0.4, -0.2) is 9.97 Å². The van der Waals surface area contributed by atoms with E-state index >= 15 is 0 Å². The Morgan fingerprint density at radius 3 is 2.47 bits per heavy atom. The van der Waals surface area contributed by atoms with Crippen molar-refractivity contribution in [2.75, 3.05) is 5.73 Å². The summed E-state index contributed by atoms with van der Waals surface area (Å²) in [6, 6.07) is 7.63. The van der Waals surface area contributed by atoms with Crippen LogP contribution in [0.4, 0.5) is 5.69 Å². The van der Waals surface area contributed by atoms with E-state index in [9.17, 15) is 0 Å². The Bertz CT molecular complexity index is 537. The number of rotatable bonds is 2. The van der Waals surface area contributed by atoms with Crippen molar-refractivity contribution in [3.8, 4) is 11.8 Å². The van der Waals surface area contributed by atoms with Gasteiger partial charge in [-0.1, -0.05) is 6.07 Å². The molecule has 0 fully saturated rings. The summed E-state index contributed by atoms with van der Waals surface area (Å²) in [6.45, 7) is 3.80. The number of nitrogens with two attached hydrogens (primary N) is 1. The summed E-state index contributed by atoms with van der Waals surface area (Å²) in [4.78, 5) is 8.41. The van der Waals surface area contributed by atoms with E-state index in [4.69, 9.17) is 10.5 Å². The van der Waals surface area contributed by atoms with Gasteiger partial charge < -0.3 is 10.5 Å². The third-order valence-corrected chi connectivity index (χ3v) is 3.00. The lowest BCUT2D eigenvalue weighted by atomic mass is 10.3. The van der Waals surface area contributed by atoms with E-state index in [1.807, 2.05) is 32.0 Å². The van der Waals surface area contributed by atoms with E-state index in [1.54, 1.807) is 6.07 Å². The lowest BCUT2D eigenvalue weighted by molar-refractivity contribution is 0.436. The minimum atomic E-state index is 0.328. The predicted molar refractivity (Wildman–Crippen MR) is 70.1 cm³/mol. The molecule has 0 bridgehead atoms. The minimum absolute atomic E-state index is 0.328. The van der Waals surface area contributed by atoms with Gasteiger partial charge in [-0.15, -0.1) is 0 Å². The maximum Gasteiger partial charge on any atom is 0.322 e. The van der Waals surface area contributed by atoms with Crippen LogP contribution in [0.2, 0.25) is 0 Å². The Kier molecular flexibility index (Phi) is 3.28. The molecule has 0 radical (unpaired) electrons. The molecule has 0 amide bonds. The molecule has 88 valence electrons. The molecule has 0 unspecified atom stereocenters. The molecule has 0 atom stereocenters. The fourth-order valence-electron chi connectivity index (χ4n) is 1.44. The smallest absolute Gasteiger partial charge is 0.322 e. The predicted octanol–water partition coefficient (Wildman–Crippen LogP) is 3.23. The van der Waals surface area contributed by atoms with Crippen molar-refractivity contribution in [2.45, 2.75) is 13.8 Å². The zero-order valence-corrected chi connectivity index (χ0v) is 11.2. The molecule has 0 saturated carbocycles. The molecule has 1 aromatic heterocycles. The second kappa shape index (κ2) is 4.71. The summed E-state index contributed by atoms with van der Waals surface area (Å²) in [6.07, 6.45) is 0. The second-order valence-corrected chi connectivity index (χ2v) is 4.49. The molecular formula is C12H12BrN3O. The molecule has 0 aliphatic carbocycles. The van der Waals surface area contributed by atoms with Crippen LogP contribution in [0.25, 0.3) is 0 Å². The van der Waals surface area contributed by atoms with E-state index in [2.05, 4.69) is 25.9 Å². The number of aromatic nitrogens is 2. The summed E-state index contributed by atoms with van der Waals surface area (Å²) in [5.74, 6) is 0.606. The van der Waals surface area contributed by atoms with Crippen molar-refractivity contribution >= 4 is 21.6 Å². The van der Waals surface area contributed by atoms with Gasteiger partial charge in [0.05, 0.1) is 4.47 Å². The van der Waals surface area contributed by atoms with Gasteiger partial charge in [-0.05, 0) is 48.0 Å². The van der Waals surface area contributed by atoms with Crippen LogP contribution < -0.4 is 10.5 Å².